The van der Waals surface area contributed by atoms with Crippen LogP contribution in [-0.2, 0) is 16.0 Å². The number of ether oxygens (including phenoxy) is 1. The van der Waals surface area contributed by atoms with E-state index in [-0.39, 0.29) is 18.0 Å². The fraction of sp³-hybridized carbons (Fsp3) is 0.636. The highest BCUT2D eigenvalue weighted by molar-refractivity contribution is 5.86. The summed E-state index contributed by atoms with van der Waals surface area (Å²) in [5.41, 5.74) is 0.639. The first-order valence-corrected chi connectivity index (χ1v) is 10.2. The first-order chi connectivity index (χ1) is 12.8. The zero-order valence-electron chi connectivity index (χ0n) is 16.7. The molecule has 3 rings (SSSR count). The number of nitrogens with zero attached hydrogens (tertiary/aromatic N) is 1. The van der Waals surface area contributed by atoms with Gasteiger partial charge in [0.1, 0.15) is 11.6 Å². The van der Waals surface area contributed by atoms with E-state index in [1.54, 1.807) is 4.90 Å². The van der Waals surface area contributed by atoms with Crippen LogP contribution < -0.4 is 5.32 Å². The summed E-state index contributed by atoms with van der Waals surface area (Å²) in [6.45, 7) is 6.19. The number of benzene rings is 1. The predicted molar refractivity (Wildman–Crippen MR) is 105 cm³/mol. The van der Waals surface area contributed by atoms with Gasteiger partial charge in [-0.3, -0.25) is 9.69 Å². The maximum atomic E-state index is 12.9. The number of hydrogen-bond donors (Lipinski definition) is 1. The van der Waals surface area contributed by atoms with E-state index in [2.05, 4.69) is 17.4 Å². The lowest BCUT2D eigenvalue weighted by Gasteiger charge is -2.34. The number of carbonyl (C=O) groups excluding carboxylic acids is 2. The Hall–Kier alpha value is -2.04. The van der Waals surface area contributed by atoms with E-state index in [0.29, 0.717) is 12.5 Å². The van der Waals surface area contributed by atoms with Crippen LogP contribution in [0.25, 0.3) is 0 Å². The molecule has 2 aliphatic rings. The van der Waals surface area contributed by atoms with Crippen molar-refractivity contribution in [2.45, 2.75) is 77.0 Å². The van der Waals surface area contributed by atoms with Crippen LogP contribution in [0, 0.1) is 5.92 Å². The van der Waals surface area contributed by atoms with Gasteiger partial charge in [0, 0.05) is 12.6 Å². The molecule has 0 unspecified atom stereocenters. The highest BCUT2D eigenvalue weighted by atomic mass is 16.6. The summed E-state index contributed by atoms with van der Waals surface area (Å²) in [5, 5.41) is 3.04. The van der Waals surface area contributed by atoms with Crippen molar-refractivity contribution in [3.63, 3.8) is 0 Å². The molecule has 0 bridgehead atoms. The Morgan fingerprint density at radius 2 is 1.85 bits per heavy atom. The zero-order valence-corrected chi connectivity index (χ0v) is 16.7. The molecule has 5 heteroatoms. The molecule has 1 aliphatic carbocycles. The number of carbonyl (C=O) groups is 2. The number of likely N-dealkylation sites (tertiary alicyclic amines) is 1. The van der Waals surface area contributed by atoms with Crippen LogP contribution in [-0.4, -0.2) is 41.1 Å². The Morgan fingerprint density at radius 1 is 1.15 bits per heavy atom. The number of amides is 2. The van der Waals surface area contributed by atoms with Crippen molar-refractivity contribution in [1.82, 2.24) is 10.2 Å². The van der Waals surface area contributed by atoms with Gasteiger partial charge in [0.05, 0.1) is 0 Å². The quantitative estimate of drug-likeness (QED) is 0.872. The van der Waals surface area contributed by atoms with Crippen molar-refractivity contribution in [3.05, 3.63) is 35.9 Å². The molecule has 0 spiro atoms. The van der Waals surface area contributed by atoms with Gasteiger partial charge in [0.25, 0.3) is 0 Å². The Bertz CT molecular complexity index is 653. The molecule has 0 aromatic heterocycles. The molecule has 1 aliphatic heterocycles. The van der Waals surface area contributed by atoms with Crippen molar-refractivity contribution in [3.8, 4) is 0 Å². The third-order valence-electron chi connectivity index (χ3n) is 5.55. The standard InChI is InChI=1S/C22H32N2O3/c1-22(2,3)27-21(26)24-18-12-8-7-11-17(18)15-19(24)20(25)23-14-13-16-9-5-4-6-10-16/h4-6,9-10,17-19H,7-8,11-15H2,1-3H3,(H,23,25)/t17-,18-,19-/m0/s1. The summed E-state index contributed by atoms with van der Waals surface area (Å²) >= 11 is 0. The van der Waals surface area contributed by atoms with Gasteiger partial charge in [-0.05, 0) is 57.9 Å². The normalized spacial score (nSPS) is 25.0. The summed E-state index contributed by atoms with van der Waals surface area (Å²) < 4.78 is 5.63. The lowest BCUT2D eigenvalue weighted by Crippen LogP contribution is -2.51. The monoisotopic (exact) mass is 372 g/mol. The molecule has 27 heavy (non-hydrogen) atoms. The van der Waals surface area contributed by atoms with Gasteiger partial charge >= 0.3 is 6.09 Å². The summed E-state index contributed by atoms with van der Waals surface area (Å²) in [6.07, 6.45) is 5.56. The second-order valence-electron chi connectivity index (χ2n) is 8.78. The van der Waals surface area contributed by atoms with Crippen molar-refractivity contribution < 1.29 is 14.3 Å². The van der Waals surface area contributed by atoms with E-state index in [0.717, 1.165) is 32.1 Å². The summed E-state index contributed by atoms with van der Waals surface area (Å²) in [6, 6.07) is 9.84. The van der Waals surface area contributed by atoms with Gasteiger partial charge in [-0.2, -0.15) is 0 Å². The molecule has 0 radical (unpaired) electrons. The molecule has 148 valence electrons. The van der Waals surface area contributed by atoms with Crippen molar-refractivity contribution in [2.75, 3.05) is 6.54 Å². The minimum Gasteiger partial charge on any atom is -0.444 e. The highest BCUT2D eigenvalue weighted by Gasteiger charge is 2.48. The fourth-order valence-electron chi connectivity index (χ4n) is 4.36. The van der Waals surface area contributed by atoms with Crippen molar-refractivity contribution >= 4 is 12.0 Å². The topological polar surface area (TPSA) is 58.6 Å². The molecule has 2 amide bonds. The van der Waals surface area contributed by atoms with Gasteiger partial charge in [-0.15, -0.1) is 0 Å². The molecular weight excluding hydrogens is 340 g/mol. The average Bonchev–Trinajstić information content (AvgIpc) is 3.01. The summed E-state index contributed by atoms with van der Waals surface area (Å²) in [7, 11) is 0. The lowest BCUT2D eigenvalue weighted by molar-refractivity contribution is -0.125. The van der Waals surface area contributed by atoms with Gasteiger partial charge in [0.15, 0.2) is 0 Å². The Kier molecular flexibility index (Phi) is 6.08. The van der Waals surface area contributed by atoms with E-state index in [4.69, 9.17) is 4.74 Å². The van der Waals surface area contributed by atoms with E-state index in [9.17, 15) is 9.59 Å². The number of nitrogens with one attached hydrogen (secondary N) is 1. The molecule has 1 heterocycles. The van der Waals surface area contributed by atoms with Gasteiger partial charge < -0.3 is 10.1 Å². The maximum absolute atomic E-state index is 12.9. The SMILES string of the molecule is CC(C)(C)OC(=O)N1[C@H](C(=O)NCCc2ccccc2)C[C@@H]2CCCC[C@@H]21. The molecule has 1 N–H and O–H groups in total. The van der Waals surface area contributed by atoms with Gasteiger partial charge in [-0.25, -0.2) is 4.79 Å². The third kappa shape index (κ3) is 5.02. The minimum atomic E-state index is -0.557. The first-order valence-electron chi connectivity index (χ1n) is 10.2. The van der Waals surface area contributed by atoms with Crippen molar-refractivity contribution in [2.24, 2.45) is 5.92 Å². The molecule has 3 atom stereocenters. The first kappa shape index (κ1) is 19.7. The van der Waals surface area contributed by atoms with Crippen LogP contribution in [0.15, 0.2) is 30.3 Å². The van der Waals surface area contributed by atoms with Gasteiger partial charge in [0.2, 0.25) is 5.91 Å². The Balaban J connectivity index is 1.65. The number of hydrogen-bond acceptors (Lipinski definition) is 3. The average molecular weight is 373 g/mol. The van der Waals surface area contributed by atoms with Gasteiger partial charge in [-0.1, -0.05) is 43.2 Å². The van der Waals surface area contributed by atoms with E-state index >= 15 is 0 Å². The minimum absolute atomic E-state index is 0.0498. The van der Waals surface area contributed by atoms with Crippen LogP contribution in [0.5, 0.6) is 0 Å². The van der Waals surface area contributed by atoms with E-state index in [1.807, 2.05) is 39.0 Å². The largest absolute Gasteiger partial charge is 0.444 e. The van der Waals surface area contributed by atoms with Crippen LogP contribution in [0.2, 0.25) is 0 Å². The van der Waals surface area contributed by atoms with Crippen LogP contribution >= 0.6 is 0 Å². The summed E-state index contributed by atoms with van der Waals surface area (Å²) in [4.78, 5) is 27.5. The maximum Gasteiger partial charge on any atom is 0.411 e. The van der Waals surface area contributed by atoms with E-state index in [1.165, 1.54) is 12.0 Å². The molecule has 1 aromatic carbocycles. The molecule has 1 saturated heterocycles. The zero-order chi connectivity index (χ0) is 19.4. The predicted octanol–water partition coefficient (Wildman–Crippen LogP) is 3.91. The Labute approximate surface area is 162 Å². The number of fused-ring (bicyclic) bond motifs is 1. The van der Waals surface area contributed by atoms with Crippen molar-refractivity contribution in [1.29, 1.82) is 0 Å². The third-order valence-corrected chi connectivity index (χ3v) is 5.55. The fourth-order valence-corrected chi connectivity index (χ4v) is 4.36. The lowest BCUT2D eigenvalue weighted by atomic mass is 9.85. The smallest absolute Gasteiger partial charge is 0.411 e. The second-order valence-corrected chi connectivity index (χ2v) is 8.78. The number of rotatable bonds is 4. The Morgan fingerprint density at radius 3 is 2.56 bits per heavy atom. The molecular formula is C22H32N2O3. The summed E-state index contributed by atoms with van der Waals surface area (Å²) in [5.74, 6) is 0.363. The van der Waals surface area contributed by atoms with Crippen LogP contribution in [0.4, 0.5) is 4.79 Å². The molecule has 5 nitrogen and oxygen atoms in total. The molecule has 1 saturated carbocycles. The molecule has 1 aromatic rings. The molecule has 2 fully saturated rings. The second kappa shape index (κ2) is 8.32. The van der Waals surface area contributed by atoms with Crippen LogP contribution in [0.3, 0.4) is 0 Å². The van der Waals surface area contributed by atoms with Crippen LogP contribution in [0.1, 0.15) is 58.4 Å². The highest BCUT2D eigenvalue weighted by Crippen LogP contribution is 2.40. The van der Waals surface area contributed by atoms with E-state index < -0.39 is 11.6 Å².